The topological polar surface area (TPSA) is 51.2 Å². The lowest BCUT2D eigenvalue weighted by atomic mass is 10.4. The highest BCUT2D eigenvalue weighted by Gasteiger charge is 2.11. The number of ether oxygens (including phenoxy) is 3. The molecule has 5 heteroatoms. The Morgan fingerprint density at radius 2 is 2.07 bits per heavy atom. The van der Waals surface area contributed by atoms with Crippen LogP contribution in [0.1, 0.15) is 6.92 Å². The van der Waals surface area contributed by atoms with Crippen molar-refractivity contribution < 1.29 is 19.3 Å². The Kier molecular flexibility index (Phi) is 6.87. The van der Waals surface area contributed by atoms with Crippen molar-refractivity contribution in [2.75, 3.05) is 52.7 Å². The molecule has 0 aromatic rings. The zero-order chi connectivity index (χ0) is 10.9. The second-order valence-corrected chi connectivity index (χ2v) is 3.39. The molecule has 0 radical (unpaired) electrons. The lowest BCUT2D eigenvalue weighted by Gasteiger charge is -2.27. The van der Waals surface area contributed by atoms with Crippen LogP contribution in [0.4, 0.5) is 0 Å². The van der Waals surface area contributed by atoms with E-state index in [1.54, 1.807) is 0 Å². The number of hydrogen-bond acceptors (Lipinski definition) is 5. The molecule has 90 valence electrons. The van der Waals surface area contributed by atoms with Crippen molar-refractivity contribution in [1.82, 2.24) is 4.90 Å². The van der Waals surface area contributed by atoms with Crippen molar-refractivity contribution in [2.24, 2.45) is 0 Å². The van der Waals surface area contributed by atoms with Crippen LogP contribution in [-0.4, -0.2) is 69.0 Å². The van der Waals surface area contributed by atoms with Crippen molar-refractivity contribution in [3.05, 3.63) is 0 Å². The molecule has 0 aromatic carbocycles. The molecule has 5 nitrogen and oxygen atoms in total. The van der Waals surface area contributed by atoms with E-state index in [-0.39, 0.29) is 6.61 Å². The van der Waals surface area contributed by atoms with E-state index in [0.717, 1.165) is 32.8 Å². The molecular formula is C10H21NO4. The maximum Gasteiger partial charge on any atom is 0.180 e. The average Bonchev–Trinajstić information content (AvgIpc) is 2.29. The standard InChI is InChI=1S/C10H21NO4/c1-2-14-10(9-12)15-8-5-11-3-6-13-7-4-11/h10,12H,2-9H2,1H3. The predicted octanol–water partition coefficient (Wildman–Crippen LogP) is -0.310. The number of nitrogens with zero attached hydrogens (tertiary/aromatic N) is 1. The van der Waals surface area contributed by atoms with Gasteiger partial charge in [0.15, 0.2) is 6.29 Å². The highest BCUT2D eigenvalue weighted by molar-refractivity contribution is 4.61. The maximum absolute atomic E-state index is 8.91. The summed E-state index contributed by atoms with van der Waals surface area (Å²) in [6.45, 7) is 7.33. The van der Waals surface area contributed by atoms with Crippen molar-refractivity contribution in [2.45, 2.75) is 13.2 Å². The van der Waals surface area contributed by atoms with Gasteiger partial charge in [-0.1, -0.05) is 0 Å². The van der Waals surface area contributed by atoms with Crippen LogP contribution >= 0.6 is 0 Å². The molecule has 0 aliphatic carbocycles. The Labute approximate surface area is 90.9 Å². The van der Waals surface area contributed by atoms with Gasteiger partial charge < -0.3 is 19.3 Å². The van der Waals surface area contributed by atoms with Gasteiger partial charge in [0.2, 0.25) is 0 Å². The van der Waals surface area contributed by atoms with Crippen LogP contribution in [-0.2, 0) is 14.2 Å². The van der Waals surface area contributed by atoms with Gasteiger partial charge in [-0.2, -0.15) is 0 Å². The van der Waals surface area contributed by atoms with Crippen LogP contribution in [0.3, 0.4) is 0 Å². The SMILES string of the molecule is CCOC(CO)OCCN1CCOCC1. The van der Waals surface area contributed by atoms with Crippen molar-refractivity contribution in [3.8, 4) is 0 Å². The predicted molar refractivity (Wildman–Crippen MR) is 55.7 cm³/mol. The molecule has 0 aromatic heterocycles. The van der Waals surface area contributed by atoms with Crippen molar-refractivity contribution in [3.63, 3.8) is 0 Å². The fourth-order valence-electron chi connectivity index (χ4n) is 1.48. The van der Waals surface area contributed by atoms with Crippen LogP contribution in [0.2, 0.25) is 0 Å². The minimum atomic E-state index is -0.476. The average molecular weight is 219 g/mol. The first-order chi connectivity index (χ1) is 7.36. The van der Waals surface area contributed by atoms with E-state index in [4.69, 9.17) is 19.3 Å². The summed E-state index contributed by atoms with van der Waals surface area (Å²) in [6.07, 6.45) is -0.476. The largest absolute Gasteiger partial charge is 0.391 e. The first-order valence-electron chi connectivity index (χ1n) is 5.51. The Bertz CT molecular complexity index is 146. The van der Waals surface area contributed by atoms with Crippen LogP contribution in [0.15, 0.2) is 0 Å². The molecule has 0 saturated carbocycles. The number of aliphatic hydroxyl groups excluding tert-OH is 1. The fourth-order valence-corrected chi connectivity index (χ4v) is 1.48. The zero-order valence-electron chi connectivity index (χ0n) is 9.35. The second kappa shape index (κ2) is 8.01. The number of aliphatic hydroxyl groups is 1. The monoisotopic (exact) mass is 219 g/mol. The maximum atomic E-state index is 8.91. The first-order valence-corrected chi connectivity index (χ1v) is 5.51. The van der Waals surface area contributed by atoms with Crippen LogP contribution in [0.25, 0.3) is 0 Å². The van der Waals surface area contributed by atoms with Crippen LogP contribution in [0, 0.1) is 0 Å². The summed E-state index contributed by atoms with van der Waals surface area (Å²) in [5, 5.41) is 8.91. The van der Waals surface area contributed by atoms with Gasteiger partial charge >= 0.3 is 0 Å². The Balaban J connectivity index is 2.03. The molecule has 0 bridgehead atoms. The molecule has 1 N–H and O–H groups in total. The number of rotatable bonds is 7. The summed E-state index contributed by atoms with van der Waals surface area (Å²) in [7, 11) is 0. The lowest BCUT2D eigenvalue weighted by Crippen LogP contribution is -2.39. The van der Waals surface area contributed by atoms with E-state index < -0.39 is 6.29 Å². The summed E-state index contributed by atoms with van der Waals surface area (Å²) in [5.41, 5.74) is 0. The quantitative estimate of drug-likeness (QED) is 0.595. The van der Waals surface area contributed by atoms with Gasteiger partial charge in [-0.15, -0.1) is 0 Å². The third-order valence-electron chi connectivity index (χ3n) is 2.32. The molecule has 0 amide bonds. The van der Waals surface area contributed by atoms with Gasteiger partial charge in [0.05, 0.1) is 26.4 Å². The summed E-state index contributed by atoms with van der Waals surface area (Å²) in [6, 6.07) is 0. The van der Waals surface area contributed by atoms with Gasteiger partial charge in [0.25, 0.3) is 0 Å². The summed E-state index contributed by atoms with van der Waals surface area (Å²) in [5.74, 6) is 0. The minimum Gasteiger partial charge on any atom is -0.391 e. The Morgan fingerprint density at radius 1 is 1.33 bits per heavy atom. The second-order valence-electron chi connectivity index (χ2n) is 3.39. The van der Waals surface area contributed by atoms with Gasteiger partial charge in [-0.05, 0) is 6.92 Å². The van der Waals surface area contributed by atoms with Crippen LogP contribution < -0.4 is 0 Å². The van der Waals surface area contributed by atoms with E-state index in [1.165, 1.54) is 0 Å². The summed E-state index contributed by atoms with van der Waals surface area (Å²) >= 11 is 0. The number of hydrogen-bond donors (Lipinski definition) is 1. The molecule has 1 saturated heterocycles. The molecule has 0 spiro atoms. The molecule has 1 heterocycles. The molecule has 1 unspecified atom stereocenters. The first kappa shape index (κ1) is 12.9. The van der Waals surface area contributed by atoms with Crippen molar-refractivity contribution >= 4 is 0 Å². The Morgan fingerprint density at radius 3 is 2.67 bits per heavy atom. The van der Waals surface area contributed by atoms with Gasteiger partial charge in [0.1, 0.15) is 0 Å². The van der Waals surface area contributed by atoms with E-state index in [9.17, 15) is 0 Å². The minimum absolute atomic E-state index is 0.0864. The van der Waals surface area contributed by atoms with E-state index >= 15 is 0 Å². The lowest BCUT2D eigenvalue weighted by molar-refractivity contribution is -0.162. The van der Waals surface area contributed by atoms with Gasteiger partial charge in [0, 0.05) is 26.2 Å². The Hall–Kier alpha value is -0.200. The molecule has 1 aliphatic heterocycles. The zero-order valence-corrected chi connectivity index (χ0v) is 9.35. The third kappa shape index (κ3) is 5.44. The van der Waals surface area contributed by atoms with E-state index in [0.29, 0.717) is 13.2 Å². The van der Waals surface area contributed by atoms with Crippen molar-refractivity contribution in [1.29, 1.82) is 0 Å². The number of morpholine rings is 1. The molecule has 1 atom stereocenters. The molecule has 1 rings (SSSR count). The van der Waals surface area contributed by atoms with E-state index in [2.05, 4.69) is 4.90 Å². The summed E-state index contributed by atoms with van der Waals surface area (Å²) in [4.78, 5) is 2.28. The van der Waals surface area contributed by atoms with Crippen LogP contribution in [0.5, 0.6) is 0 Å². The van der Waals surface area contributed by atoms with Gasteiger partial charge in [-0.3, -0.25) is 4.90 Å². The van der Waals surface area contributed by atoms with E-state index in [1.807, 2.05) is 6.92 Å². The summed E-state index contributed by atoms with van der Waals surface area (Å²) < 4.78 is 15.8. The smallest absolute Gasteiger partial charge is 0.180 e. The highest BCUT2D eigenvalue weighted by atomic mass is 16.7. The normalized spacial score (nSPS) is 20.4. The fraction of sp³-hybridized carbons (Fsp3) is 1.00. The molecular weight excluding hydrogens is 198 g/mol. The van der Waals surface area contributed by atoms with Gasteiger partial charge in [-0.25, -0.2) is 0 Å². The highest BCUT2D eigenvalue weighted by Crippen LogP contribution is 1.98. The molecule has 15 heavy (non-hydrogen) atoms. The molecule has 1 fully saturated rings. The third-order valence-corrected chi connectivity index (χ3v) is 2.32. The molecule has 1 aliphatic rings.